The minimum atomic E-state index is -3.70. The van der Waals surface area contributed by atoms with Crippen LogP contribution >= 0.6 is 0 Å². The number of carbonyl (C=O) groups excluding carboxylic acids is 1. The molecule has 0 saturated heterocycles. The van der Waals surface area contributed by atoms with Gasteiger partial charge in [0.25, 0.3) is 10.0 Å². The average molecular weight is 306 g/mol. The highest BCUT2D eigenvalue weighted by Gasteiger charge is 2.29. The van der Waals surface area contributed by atoms with Crippen LogP contribution in [-0.4, -0.2) is 24.5 Å². The molecule has 1 amide bonds. The number of rotatable bonds is 5. The molecule has 110 valence electrons. The van der Waals surface area contributed by atoms with E-state index in [2.05, 4.69) is 20.2 Å². The first-order chi connectivity index (χ1) is 10.0. The highest BCUT2D eigenvalue weighted by molar-refractivity contribution is 7.92. The third kappa shape index (κ3) is 3.22. The topological polar surface area (TPSA) is 104 Å². The average Bonchev–Trinajstić information content (AvgIpc) is 3.13. The van der Waals surface area contributed by atoms with Crippen molar-refractivity contribution in [2.45, 2.75) is 17.9 Å². The predicted octanol–water partition coefficient (Wildman–Crippen LogP) is 1.56. The second-order valence-corrected chi connectivity index (χ2v) is 6.52. The fourth-order valence-corrected chi connectivity index (χ4v) is 2.81. The van der Waals surface area contributed by atoms with Crippen molar-refractivity contribution in [2.75, 3.05) is 10.0 Å². The molecule has 3 N–H and O–H groups in total. The first kappa shape index (κ1) is 13.6. The molecule has 0 bridgehead atoms. The van der Waals surface area contributed by atoms with E-state index < -0.39 is 10.0 Å². The van der Waals surface area contributed by atoms with Crippen molar-refractivity contribution in [1.82, 2.24) is 10.2 Å². The van der Waals surface area contributed by atoms with Crippen LogP contribution < -0.4 is 10.0 Å². The number of aromatic nitrogens is 2. The fourth-order valence-electron chi connectivity index (χ4n) is 1.85. The number of nitrogens with one attached hydrogen (secondary N) is 3. The van der Waals surface area contributed by atoms with Crippen molar-refractivity contribution >= 4 is 27.3 Å². The zero-order chi connectivity index (χ0) is 14.9. The summed E-state index contributed by atoms with van der Waals surface area (Å²) in [6, 6.07) is 7.94. The van der Waals surface area contributed by atoms with Crippen LogP contribution in [0.2, 0.25) is 0 Å². The SMILES string of the molecule is O=C(Nc1cccc(NS(=O)(=O)c2ccn[nH]2)c1)C1CC1. The Bertz CT molecular complexity index is 751. The molecule has 3 rings (SSSR count). The largest absolute Gasteiger partial charge is 0.326 e. The van der Waals surface area contributed by atoms with Crippen molar-refractivity contribution in [3.05, 3.63) is 36.5 Å². The van der Waals surface area contributed by atoms with Crippen LogP contribution in [0.15, 0.2) is 41.6 Å². The summed E-state index contributed by atoms with van der Waals surface area (Å²) in [7, 11) is -3.70. The van der Waals surface area contributed by atoms with Crippen LogP contribution in [0.5, 0.6) is 0 Å². The van der Waals surface area contributed by atoms with Gasteiger partial charge in [-0.05, 0) is 37.1 Å². The van der Waals surface area contributed by atoms with Gasteiger partial charge in [-0.15, -0.1) is 0 Å². The number of benzene rings is 1. The van der Waals surface area contributed by atoms with E-state index in [1.54, 1.807) is 24.3 Å². The van der Waals surface area contributed by atoms with Crippen LogP contribution in [0, 0.1) is 5.92 Å². The normalized spacial score (nSPS) is 14.7. The van der Waals surface area contributed by atoms with Gasteiger partial charge < -0.3 is 5.32 Å². The molecule has 0 radical (unpaired) electrons. The number of hydrogen-bond acceptors (Lipinski definition) is 4. The summed E-state index contributed by atoms with van der Waals surface area (Å²) in [5.74, 6) is 0.0684. The van der Waals surface area contributed by atoms with E-state index in [9.17, 15) is 13.2 Å². The highest BCUT2D eigenvalue weighted by atomic mass is 32.2. The Kier molecular flexibility index (Phi) is 3.38. The van der Waals surface area contributed by atoms with Crippen molar-refractivity contribution in [1.29, 1.82) is 0 Å². The fraction of sp³-hybridized carbons (Fsp3) is 0.231. The lowest BCUT2D eigenvalue weighted by Gasteiger charge is -2.09. The smallest absolute Gasteiger partial charge is 0.278 e. The van der Waals surface area contributed by atoms with E-state index in [1.165, 1.54) is 12.3 Å². The minimum absolute atomic E-state index is 0.0186. The van der Waals surface area contributed by atoms with E-state index in [-0.39, 0.29) is 16.9 Å². The van der Waals surface area contributed by atoms with Crippen LogP contribution in [0.1, 0.15) is 12.8 Å². The molecule has 1 aliphatic rings. The van der Waals surface area contributed by atoms with Gasteiger partial charge in [-0.3, -0.25) is 14.6 Å². The lowest BCUT2D eigenvalue weighted by atomic mass is 10.2. The van der Waals surface area contributed by atoms with E-state index in [0.29, 0.717) is 11.4 Å². The number of anilines is 2. The van der Waals surface area contributed by atoms with Crippen molar-refractivity contribution in [2.24, 2.45) is 5.92 Å². The molecular formula is C13H14N4O3S. The van der Waals surface area contributed by atoms with E-state index in [1.807, 2.05) is 0 Å². The Morgan fingerprint density at radius 2 is 2.00 bits per heavy atom. The molecule has 0 spiro atoms. The van der Waals surface area contributed by atoms with Gasteiger partial charge in [-0.2, -0.15) is 13.5 Å². The van der Waals surface area contributed by atoms with E-state index >= 15 is 0 Å². The van der Waals surface area contributed by atoms with Gasteiger partial charge in [0.1, 0.15) is 0 Å². The quantitative estimate of drug-likeness (QED) is 0.779. The van der Waals surface area contributed by atoms with Gasteiger partial charge in [0.15, 0.2) is 5.03 Å². The molecular weight excluding hydrogens is 292 g/mol. The summed E-state index contributed by atoms with van der Waals surface area (Å²) in [5.41, 5.74) is 0.940. The molecule has 1 aliphatic carbocycles. The summed E-state index contributed by atoms with van der Waals surface area (Å²) in [5, 5.41) is 8.76. The summed E-state index contributed by atoms with van der Waals surface area (Å²) in [6.45, 7) is 0. The Morgan fingerprint density at radius 1 is 1.24 bits per heavy atom. The van der Waals surface area contributed by atoms with Crippen LogP contribution in [0.4, 0.5) is 11.4 Å². The Labute approximate surface area is 121 Å². The number of nitrogens with zero attached hydrogens (tertiary/aromatic N) is 1. The maximum atomic E-state index is 12.0. The summed E-state index contributed by atoms with van der Waals surface area (Å²) < 4.78 is 26.5. The molecule has 21 heavy (non-hydrogen) atoms. The van der Waals surface area contributed by atoms with Crippen molar-refractivity contribution in [3.8, 4) is 0 Å². The number of H-pyrrole nitrogens is 1. The molecule has 8 heteroatoms. The number of carbonyl (C=O) groups is 1. The van der Waals surface area contributed by atoms with Gasteiger partial charge in [0.2, 0.25) is 5.91 Å². The monoisotopic (exact) mass is 306 g/mol. The highest BCUT2D eigenvalue weighted by Crippen LogP contribution is 2.30. The molecule has 0 atom stereocenters. The Balaban J connectivity index is 1.75. The first-order valence-corrected chi connectivity index (χ1v) is 7.96. The summed E-state index contributed by atoms with van der Waals surface area (Å²) in [6.07, 6.45) is 3.19. The number of aromatic amines is 1. The lowest BCUT2D eigenvalue weighted by Crippen LogP contribution is -2.15. The Morgan fingerprint density at radius 3 is 2.67 bits per heavy atom. The van der Waals surface area contributed by atoms with Crippen LogP contribution in [0.25, 0.3) is 0 Å². The number of sulfonamides is 1. The summed E-state index contributed by atoms with van der Waals surface area (Å²) in [4.78, 5) is 11.7. The molecule has 1 aromatic heterocycles. The zero-order valence-corrected chi connectivity index (χ0v) is 11.9. The molecule has 1 fully saturated rings. The zero-order valence-electron chi connectivity index (χ0n) is 11.0. The van der Waals surface area contributed by atoms with E-state index in [0.717, 1.165) is 12.8 Å². The van der Waals surface area contributed by atoms with Crippen LogP contribution in [-0.2, 0) is 14.8 Å². The Hall–Kier alpha value is -2.35. The number of hydrogen-bond donors (Lipinski definition) is 3. The minimum Gasteiger partial charge on any atom is -0.326 e. The summed E-state index contributed by atoms with van der Waals surface area (Å²) >= 11 is 0. The standard InChI is InChI=1S/C13H14N4O3S/c18-13(9-4-5-9)15-10-2-1-3-11(8-10)17-21(19,20)12-6-7-14-16-12/h1-3,6-9,17H,4-5H2,(H,14,16)(H,15,18). The van der Waals surface area contributed by atoms with E-state index in [4.69, 9.17) is 0 Å². The number of amides is 1. The van der Waals surface area contributed by atoms with Crippen molar-refractivity contribution in [3.63, 3.8) is 0 Å². The molecule has 0 unspecified atom stereocenters. The maximum Gasteiger partial charge on any atom is 0.278 e. The van der Waals surface area contributed by atoms with Gasteiger partial charge in [0, 0.05) is 11.6 Å². The second kappa shape index (κ2) is 5.21. The molecule has 0 aliphatic heterocycles. The van der Waals surface area contributed by atoms with Gasteiger partial charge in [-0.25, -0.2) is 0 Å². The third-order valence-electron chi connectivity index (χ3n) is 3.10. The second-order valence-electron chi connectivity index (χ2n) is 4.87. The molecule has 1 heterocycles. The van der Waals surface area contributed by atoms with Crippen molar-refractivity contribution < 1.29 is 13.2 Å². The first-order valence-electron chi connectivity index (χ1n) is 6.48. The predicted molar refractivity (Wildman–Crippen MR) is 77.2 cm³/mol. The molecule has 7 nitrogen and oxygen atoms in total. The molecule has 1 saturated carbocycles. The van der Waals surface area contributed by atoms with Gasteiger partial charge in [0.05, 0.1) is 11.9 Å². The third-order valence-corrected chi connectivity index (χ3v) is 4.41. The van der Waals surface area contributed by atoms with Crippen LogP contribution in [0.3, 0.4) is 0 Å². The van der Waals surface area contributed by atoms with Gasteiger partial charge in [-0.1, -0.05) is 6.07 Å². The maximum absolute atomic E-state index is 12.0. The van der Waals surface area contributed by atoms with Gasteiger partial charge >= 0.3 is 0 Å². The molecule has 1 aromatic carbocycles. The lowest BCUT2D eigenvalue weighted by molar-refractivity contribution is -0.117. The molecule has 2 aromatic rings.